The highest BCUT2D eigenvalue weighted by atomic mass is 32.1. The summed E-state index contributed by atoms with van der Waals surface area (Å²) in [6, 6.07) is 6.77. The molecule has 1 atom stereocenters. The van der Waals surface area contributed by atoms with Crippen LogP contribution in [0.5, 0.6) is 5.75 Å². The normalized spacial score (nSPS) is 13.2. The van der Waals surface area contributed by atoms with Crippen molar-refractivity contribution in [2.24, 2.45) is 11.7 Å². The first-order chi connectivity index (χ1) is 12.8. The highest BCUT2D eigenvalue weighted by Crippen LogP contribution is 2.32. The van der Waals surface area contributed by atoms with E-state index in [0.717, 1.165) is 0 Å². The number of carbonyl (C=O) groups is 2. The first-order valence-corrected chi connectivity index (χ1v) is 9.62. The van der Waals surface area contributed by atoms with Crippen molar-refractivity contribution in [2.45, 2.75) is 38.6 Å². The summed E-state index contributed by atoms with van der Waals surface area (Å²) in [5, 5.41) is 4.39. The number of ether oxygens (including phenoxy) is 1. The quantitative estimate of drug-likeness (QED) is 0.610. The highest BCUT2D eigenvalue weighted by Gasteiger charge is 2.39. The molecule has 0 radical (unpaired) electrons. The zero-order valence-corrected chi connectivity index (χ0v) is 16.6. The second-order valence-corrected chi connectivity index (χ2v) is 7.81. The van der Waals surface area contributed by atoms with Gasteiger partial charge in [-0.15, -0.1) is 11.3 Å². The predicted molar refractivity (Wildman–Crippen MR) is 104 cm³/mol. The van der Waals surface area contributed by atoms with Gasteiger partial charge in [0.15, 0.2) is 5.54 Å². The summed E-state index contributed by atoms with van der Waals surface area (Å²) in [5.41, 5.74) is 5.52. The van der Waals surface area contributed by atoms with Crippen molar-refractivity contribution < 1.29 is 18.7 Å². The fourth-order valence-electron chi connectivity index (χ4n) is 3.13. The number of halogens is 1. The van der Waals surface area contributed by atoms with Gasteiger partial charge in [0.05, 0.1) is 7.11 Å². The minimum atomic E-state index is -1.32. The second-order valence-electron chi connectivity index (χ2n) is 6.87. The smallest absolute Gasteiger partial charge is 0.248 e. The molecule has 0 aliphatic heterocycles. The lowest BCUT2D eigenvalue weighted by Crippen LogP contribution is -2.52. The van der Waals surface area contributed by atoms with Crippen LogP contribution in [0.1, 0.15) is 36.3 Å². The molecule has 2 aromatic rings. The molecular formula is C20H25FN2O3S. The van der Waals surface area contributed by atoms with Gasteiger partial charge in [-0.25, -0.2) is 4.39 Å². The first kappa shape index (κ1) is 20.9. The van der Waals surface area contributed by atoms with Gasteiger partial charge in [-0.2, -0.15) is 0 Å². The lowest BCUT2D eigenvalue weighted by Gasteiger charge is -2.29. The Balaban J connectivity index is 2.33. The largest absolute Gasteiger partial charge is 0.496 e. The molecule has 1 unspecified atom stereocenters. The molecule has 1 heterocycles. The van der Waals surface area contributed by atoms with Gasteiger partial charge < -0.3 is 15.8 Å². The van der Waals surface area contributed by atoms with Crippen LogP contribution < -0.4 is 15.8 Å². The molecule has 1 aromatic carbocycles. The number of nitrogens with two attached hydrogens (primary N) is 1. The van der Waals surface area contributed by atoms with Gasteiger partial charge in [-0.3, -0.25) is 9.59 Å². The molecule has 0 saturated carbocycles. The molecule has 5 nitrogen and oxygen atoms in total. The number of nitrogens with one attached hydrogen (secondary N) is 1. The van der Waals surface area contributed by atoms with E-state index in [1.807, 2.05) is 19.2 Å². The molecule has 27 heavy (non-hydrogen) atoms. The highest BCUT2D eigenvalue weighted by molar-refractivity contribution is 7.10. The Morgan fingerprint density at radius 3 is 2.70 bits per heavy atom. The maximum Gasteiger partial charge on any atom is 0.248 e. The van der Waals surface area contributed by atoms with E-state index >= 15 is 0 Å². The van der Waals surface area contributed by atoms with Gasteiger partial charge in [0.2, 0.25) is 12.3 Å². The van der Waals surface area contributed by atoms with Crippen molar-refractivity contribution >= 4 is 23.7 Å². The third-order valence-corrected chi connectivity index (χ3v) is 5.53. The monoisotopic (exact) mass is 392 g/mol. The molecule has 0 saturated heterocycles. The molecule has 146 valence electrons. The zero-order valence-electron chi connectivity index (χ0n) is 15.8. The third kappa shape index (κ3) is 4.66. The Hall–Kier alpha value is -2.41. The Kier molecular flexibility index (Phi) is 6.96. The fraction of sp³-hybridized carbons (Fsp3) is 0.400. The van der Waals surface area contributed by atoms with Crippen LogP contribution in [0.3, 0.4) is 0 Å². The topological polar surface area (TPSA) is 81.4 Å². The van der Waals surface area contributed by atoms with Crippen molar-refractivity contribution in [3.05, 3.63) is 51.5 Å². The van der Waals surface area contributed by atoms with E-state index in [0.29, 0.717) is 41.0 Å². The van der Waals surface area contributed by atoms with Gasteiger partial charge in [-0.05, 0) is 54.3 Å². The average Bonchev–Trinajstić information content (AvgIpc) is 3.15. The Bertz CT molecular complexity index is 793. The minimum Gasteiger partial charge on any atom is -0.496 e. The number of primary amides is 1. The van der Waals surface area contributed by atoms with Crippen LogP contribution in [0.4, 0.5) is 4.39 Å². The summed E-state index contributed by atoms with van der Waals surface area (Å²) in [7, 11) is 1.51. The zero-order chi connectivity index (χ0) is 20.0. The van der Waals surface area contributed by atoms with Crippen molar-refractivity contribution in [1.29, 1.82) is 0 Å². The van der Waals surface area contributed by atoms with E-state index in [1.54, 1.807) is 18.2 Å². The molecule has 0 aliphatic carbocycles. The molecule has 2 amide bonds. The van der Waals surface area contributed by atoms with E-state index in [4.69, 9.17) is 10.5 Å². The van der Waals surface area contributed by atoms with E-state index in [9.17, 15) is 14.0 Å². The number of hydrogen-bond donors (Lipinski definition) is 2. The van der Waals surface area contributed by atoms with Crippen molar-refractivity contribution in [2.75, 3.05) is 7.11 Å². The number of methoxy groups -OCH3 is 1. The molecule has 1 aromatic heterocycles. The molecule has 0 spiro atoms. The Morgan fingerprint density at radius 2 is 2.19 bits per heavy atom. The van der Waals surface area contributed by atoms with Crippen molar-refractivity contribution in [3.8, 4) is 5.75 Å². The standard InChI is InChI=1S/C20H25FN2O3S/c1-13(2)9-15-16(21)10-14(11-17(15)26-3)6-7-20(19(22)25,23-12-24)18-5-4-8-27-18/h4-5,8,10-13H,6-7,9H2,1-3H3,(H2,22,25)(H,23,24). The Morgan fingerprint density at radius 1 is 1.44 bits per heavy atom. The number of benzene rings is 1. The van der Waals surface area contributed by atoms with Gasteiger partial charge in [0, 0.05) is 10.4 Å². The fourth-order valence-corrected chi connectivity index (χ4v) is 4.06. The van der Waals surface area contributed by atoms with Crippen LogP contribution in [0.15, 0.2) is 29.6 Å². The molecule has 0 bridgehead atoms. The van der Waals surface area contributed by atoms with Crippen LogP contribution in [-0.4, -0.2) is 19.4 Å². The summed E-state index contributed by atoms with van der Waals surface area (Å²) in [6.45, 7) is 4.03. The molecule has 3 N–H and O–H groups in total. The molecule has 0 fully saturated rings. The Labute approximate surface area is 162 Å². The van der Waals surface area contributed by atoms with Crippen LogP contribution in [0.25, 0.3) is 0 Å². The van der Waals surface area contributed by atoms with E-state index in [2.05, 4.69) is 5.32 Å². The van der Waals surface area contributed by atoms with Crippen LogP contribution in [0.2, 0.25) is 0 Å². The third-order valence-electron chi connectivity index (χ3n) is 4.50. The summed E-state index contributed by atoms with van der Waals surface area (Å²) < 4.78 is 20.0. The predicted octanol–water partition coefficient (Wildman–Crippen LogP) is 3.15. The first-order valence-electron chi connectivity index (χ1n) is 8.74. The SMILES string of the molecule is COc1cc(CCC(NC=O)(C(N)=O)c2cccs2)cc(F)c1CC(C)C. The maximum absolute atomic E-state index is 14.6. The van der Waals surface area contributed by atoms with Crippen LogP contribution in [0, 0.1) is 11.7 Å². The number of aryl methyl sites for hydroxylation is 1. The molecular weight excluding hydrogens is 367 g/mol. The van der Waals surface area contributed by atoms with Gasteiger partial charge in [-0.1, -0.05) is 19.9 Å². The van der Waals surface area contributed by atoms with Gasteiger partial charge >= 0.3 is 0 Å². The molecule has 0 aliphatic rings. The van der Waals surface area contributed by atoms with Crippen molar-refractivity contribution in [1.82, 2.24) is 5.32 Å². The number of rotatable bonds is 10. The number of hydrogen-bond acceptors (Lipinski definition) is 4. The summed E-state index contributed by atoms with van der Waals surface area (Å²) in [5.74, 6) is -0.205. The lowest BCUT2D eigenvalue weighted by atomic mass is 9.88. The van der Waals surface area contributed by atoms with E-state index < -0.39 is 11.4 Å². The maximum atomic E-state index is 14.6. The summed E-state index contributed by atoms with van der Waals surface area (Å²) in [6.07, 6.45) is 1.60. The van der Waals surface area contributed by atoms with E-state index in [-0.39, 0.29) is 18.2 Å². The molecule has 7 heteroatoms. The summed E-state index contributed by atoms with van der Waals surface area (Å²) in [4.78, 5) is 24.0. The minimum absolute atomic E-state index is 0.216. The van der Waals surface area contributed by atoms with Crippen molar-refractivity contribution in [3.63, 3.8) is 0 Å². The van der Waals surface area contributed by atoms with Crippen LogP contribution in [-0.2, 0) is 28.0 Å². The number of carbonyl (C=O) groups excluding carboxylic acids is 2. The average molecular weight is 392 g/mol. The lowest BCUT2D eigenvalue weighted by molar-refractivity contribution is -0.128. The van der Waals surface area contributed by atoms with Gasteiger partial charge in [0.1, 0.15) is 11.6 Å². The second kappa shape index (κ2) is 8.99. The number of thiophene rings is 1. The van der Waals surface area contributed by atoms with Gasteiger partial charge in [0.25, 0.3) is 0 Å². The van der Waals surface area contributed by atoms with Crippen LogP contribution >= 0.6 is 11.3 Å². The molecule has 2 rings (SSSR count). The van der Waals surface area contributed by atoms with E-state index in [1.165, 1.54) is 24.5 Å². The number of amides is 2. The summed E-state index contributed by atoms with van der Waals surface area (Å²) >= 11 is 1.33.